The van der Waals surface area contributed by atoms with Gasteiger partial charge in [0.15, 0.2) is 11.6 Å². The van der Waals surface area contributed by atoms with Crippen molar-refractivity contribution in [1.29, 1.82) is 0 Å². The van der Waals surface area contributed by atoms with Crippen LogP contribution in [-0.4, -0.2) is 49.9 Å². The molecule has 0 bridgehead atoms. The fraction of sp³-hybridized carbons (Fsp3) is 0.257. The average molecular weight is 660 g/mol. The van der Waals surface area contributed by atoms with Crippen LogP contribution in [0.15, 0.2) is 107 Å². The van der Waals surface area contributed by atoms with Crippen LogP contribution in [0.5, 0.6) is 17.2 Å². The number of amides is 1. The van der Waals surface area contributed by atoms with Crippen molar-refractivity contribution in [3.8, 4) is 17.2 Å². The lowest BCUT2D eigenvalue weighted by molar-refractivity contribution is -0.129. The number of benzene rings is 4. The van der Waals surface area contributed by atoms with E-state index in [4.69, 9.17) is 29.0 Å². The van der Waals surface area contributed by atoms with Crippen LogP contribution in [0.3, 0.4) is 0 Å². The zero-order valence-corrected chi connectivity index (χ0v) is 26.3. The SMILES string of the molecule is COc1cc(CNC(=O)[C@]2(Cc3ccccc3Br)N=C(c3ccc(OCCCO)cc3)O[C@@H]2c2ccccc2)cc(OC)c1. The third-order valence-corrected chi connectivity index (χ3v) is 8.19. The van der Waals surface area contributed by atoms with Crippen molar-refractivity contribution >= 4 is 27.7 Å². The Bertz CT molecular complexity index is 1570. The molecule has 0 aromatic heterocycles. The molecule has 0 saturated carbocycles. The first-order chi connectivity index (χ1) is 21.5. The van der Waals surface area contributed by atoms with E-state index in [0.29, 0.717) is 36.2 Å². The van der Waals surface area contributed by atoms with Gasteiger partial charge in [-0.05, 0) is 59.2 Å². The fourth-order valence-electron chi connectivity index (χ4n) is 5.15. The van der Waals surface area contributed by atoms with E-state index in [1.807, 2.05) is 91.0 Å². The van der Waals surface area contributed by atoms with E-state index in [0.717, 1.165) is 26.7 Å². The number of ether oxygens (including phenoxy) is 4. The van der Waals surface area contributed by atoms with E-state index in [2.05, 4.69) is 21.2 Å². The van der Waals surface area contributed by atoms with Gasteiger partial charge in [0.2, 0.25) is 5.90 Å². The van der Waals surface area contributed by atoms with Crippen LogP contribution in [0.1, 0.15) is 34.8 Å². The summed E-state index contributed by atoms with van der Waals surface area (Å²) in [4.78, 5) is 19.6. The molecule has 2 N–H and O–H groups in total. The summed E-state index contributed by atoms with van der Waals surface area (Å²) >= 11 is 3.68. The van der Waals surface area contributed by atoms with Gasteiger partial charge in [0, 0.05) is 42.1 Å². The molecule has 1 heterocycles. The van der Waals surface area contributed by atoms with Crippen LogP contribution in [-0.2, 0) is 22.5 Å². The van der Waals surface area contributed by atoms with Crippen molar-refractivity contribution in [2.24, 2.45) is 4.99 Å². The smallest absolute Gasteiger partial charge is 0.252 e. The number of nitrogens with zero attached hydrogens (tertiary/aromatic N) is 1. The van der Waals surface area contributed by atoms with E-state index in [1.54, 1.807) is 20.3 Å². The second-order valence-electron chi connectivity index (χ2n) is 10.4. The highest BCUT2D eigenvalue weighted by Gasteiger charge is 2.53. The van der Waals surface area contributed by atoms with Crippen molar-refractivity contribution in [2.75, 3.05) is 27.4 Å². The number of carbonyl (C=O) groups is 1. The Hall–Kier alpha value is -4.34. The molecule has 8 nitrogen and oxygen atoms in total. The van der Waals surface area contributed by atoms with Crippen molar-refractivity contribution < 1.29 is 28.8 Å². The van der Waals surface area contributed by atoms with Crippen molar-refractivity contribution in [1.82, 2.24) is 5.32 Å². The summed E-state index contributed by atoms with van der Waals surface area (Å²) in [6.45, 7) is 0.713. The summed E-state index contributed by atoms with van der Waals surface area (Å²) < 4.78 is 24.0. The van der Waals surface area contributed by atoms with Gasteiger partial charge in [-0.3, -0.25) is 4.79 Å². The first-order valence-electron chi connectivity index (χ1n) is 14.3. The Labute approximate surface area is 265 Å². The molecule has 1 amide bonds. The van der Waals surface area contributed by atoms with Crippen LogP contribution in [0.25, 0.3) is 0 Å². The number of hydrogen-bond donors (Lipinski definition) is 2. The van der Waals surface area contributed by atoms with Gasteiger partial charge < -0.3 is 29.4 Å². The Morgan fingerprint density at radius 2 is 1.61 bits per heavy atom. The molecule has 0 radical (unpaired) electrons. The first kappa shape index (κ1) is 31.1. The Morgan fingerprint density at radius 3 is 2.27 bits per heavy atom. The van der Waals surface area contributed by atoms with Gasteiger partial charge in [-0.2, -0.15) is 0 Å². The maximum Gasteiger partial charge on any atom is 0.252 e. The van der Waals surface area contributed by atoms with Crippen LogP contribution >= 0.6 is 15.9 Å². The summed E-state index contributed by atoms with van der Waals surface area (Å²) in [6, 6.07) is 30.4. The lowest BCUT2D eigenvalue weighted by Gasteiger charge is -2.31. The lowest BCUT2D eigenvalue weighted by atomic mass is 9.82. The monoisotopic (exact) mass is 658 g/mol. The number of rotatable bonds is 13. The molecular weight excluding hydrogens is 624 g/mol. The Balaban J connectivity index is 1.55. The molecule has 44 heavy (non-hydrogen) atoms. The van der Waals surface area contributed by atoms with E-state index in [1.165, 1.54) is 0 Å². The van der Waals surface area contributed by atoms with Gasteiger partial charge in [-0.25, -0.2) is 4.99 Å². The second kappa shape index (κ2) is 14.4. The van der Waals surface area contributed by atoms with Gasteiger partial charge in [0.1, 0.15) is 17.2 Å². The highest BCUT2D eigenvalue weighted by Crippen LogP contribution is 2.43. The minimum absolute atomic E-state index is 0.0661. The molecule has 0 aliphatic carbocycles. The number of aliphatic hydroxyl groups excluding tert-OH is 1. The third kappa shape index (κ3) is 7.06. The van der Waals surface area contributed by atoms with Gasteiger partial charge in [-0.1, -0.05) is 64.5 Å². The largest absolute Gasteiger partial charge is 0.497 e. The van der Waals surface area contributed by atoms with Gasteiger partial charge in [0.05, 0.1) is 20.8 Å². The number of halogens is 1. The normalized spacial score (nSPS) is 17.4. The van der Waals surface area contributed by atoms with Crippen LogP contribution in [0, 0.1) is 0 Å². The predicted molar refractivity (Wildman–Crippen MR) is 172 cm³/mol. The summed E-state index contributed by atoms with van der Waals surface area (Å²) in [6.07, 6.45) is 0.129. The number of aliphatic hydroxyl groups is 1. The van der Waals surface area contributed by atoms with Crippen LogP contribution in [0.2, 0.25) is 0 Å². The minimum atomic E-state index is -1.33. The minimum Gasteiger partial charge on any atom is -0.497 e. The van der Waals surface area contributed by atoms with Crippen LogP contribution < -0.4 is 19.5 Å². The van der Waals surface area contributed by atoms with Crippen LogP contribution in [0.4, 0.5) is 0 Å². The lowest BCUT2D eigenvalue weighted by Crippen LogP contribution is -2.49. The first-order valence-corrected chi connectivity index (χ1v) is 15.1. The highest BCUT2D eigenvalue weighted by atomic mass is 79.9. The zero-order chi connectivity index (χ0) is 30.9. The van der Waals surface area contributed by atoms with Gasteiger partial charge in [0.25, 0.3) is 5.91 Å². The molecule has 4 aromatic rings. The molecule has 9 heteroatoms. The molecule has 0 fully saturated rings. The summed E-state index contributed by atoms with van der Waals surface area (Å²) in [7, 11) is 3.18. The molecular formula is C35H35BrN2O6. The second-order valence-corrected chi connectivity index (χ2v) is 11.2. The van der Waals surface area contributed by atoms with E-state index in [-0.39, 0.29) is 25.5 Å². The van der Waals surface area contributed by atoms with Gasteiger partial charge >= 0.3 is 0 Å². The molecule has 2 atom stereocenters. The maximum absolute atomic E-state index is 14.5. The summed E-state index contributed by atoms with van der Waals surface area (Å²) in [5.74, 6) is 2.03. The number of methoxy groups -OCH3 is 2. The molecule has 5 rings (SSSR count). The van der Waals surface area contributed by atoms with E-state index in [9.17, 15) is 4.79 Å². The molecule has 0 saturated heterocycles. The number of aliphatic imine (C=N–C) groups is 1. The molecule has 1 aliphatic rings. The van der Waals surface area contributed by atoms with E-state index < -0.39 is 11.6 Å². The molecule has 0 spiro atoms. The molecule has 4 aromatic carbocycles. The van der Waals surface area contributed by atoms with Gasteiger partial charge in [-0.15, -0.1) is 0 Å². The van der Waals surface area contributed by atoms with Crippen molar-refractivity contribution in [3.63, 3.8) is 0 Å². The number of hydrogen-bond acceptors (Lipinski definition) is 7. The fourth-order valence-corrected chi connectivity index (χ4v) is 5.57. The number of nitrogens with one attached hydrogen (secondary N) is 1. The quantitative estimate of drug-likeness (QED) is 0.170. The average Bonchev–Trinajstić information content (AvgIpc) is 3.45. The Morgan fingerprint density at radius 1 is 0.932 bits per heavy atom. The molecule has 1 aliphatic heterocycles. The molecule has 0 unspecified atom stereocenters. The summed E-state index contributed by atoms with van der Waals surface area (Å²) in [5.41, 5.74) is 1.97. The van der Waals surface area contributed by atoms with Crippen molar-refractivity contribution in [2.45, 2.75) is 31.0 Å². The topological polar surface area (TPSA) is 98.6 Å². The molecule has 228 valence electrons. The highest BCUT2D eigenvalue weighted by molar-refractivity contribution is 9.10. The number of carbonyl (C=O) groups excluding carboxylic acids is 1. The predicted octanol–water partition coefficient (Wildman–Crippen LogP) is 6.04. The van der Waals surface area contributed by atoms with E-state index >= 15 is 0 Å². The third-order valence-electron chi connectivity index (χ3n) is 7.41. The Kier molecular flexibility index (Phi) is 10.2. The van der Waals surface area contributed by atoms with Crippen molar-refractivity contribution in [3.05, 3.63) is 124 Å². The standard InChI is InChI=1S/C35H35BrN2O6/c1-41-29-19-24(20-30(21-29)42-2)23-37-34(40)35(22-27-11-6-7-12-31(27)36)32(25-9-4-3-5-10-25)44-33(38-35)26-13-15-28(16-14-26)43-18-8-17-39/h3-7,9-16,19-21,32,39H,8,17-18,22-23H2,1-2H3,(H,37,40)/t32-,35-/m1/s1. The maximum atomic E-state index is 14.5. The zero-order valence-electron chi connectivity index (χ0n) is 24.7. The summed E-state index contributed by atoms with van der Waals surface area (Å²) in [5, 5.41) is 12.2.